The maximum Gasteiger partial charge on any atom is 0.104 e. The second-order valence-corrected chi connectivity index (χ2v) is 5.66. The fourth-order valence-corrected chi connectivity index (χ4v) is 2.10. The Bertz CT molecular complexity index is 269. The van der Waals surface area contributed by atoms with Gasteiger partial charge in [-0.3, -0.25) is 0 Å². The molecule has 1 fully saturated rings. The lowest BCUT2D eigenvalue weighted by Crippen LogP contribution is -2.02. The molecule has 120 valence electrons. The predicted molar refractivity (Wildman–Crippen MR) is 89.6 cm³/mol. The number of unbranched alkanes of at least 4 members (excludes halogenated alkanes) is 7. The monoisotopic (exact) mass is 292 g/mol. The smallest absolute Gasteiger partial charge is 0.104 e. The Morgan fingerprint density at radius 3 is 1.76 bits per heavy atom. The van der Waals surface area contributed by atoms with Crippen molar-refractivity contribution in [3.8, 4) is 0 Å². The molecule has 1 unspecified atom stereocenters. The van der Waals surface area contributed by atoms with Crippen molar-refractivity contribution in [3.63, 3.8) is 0 Å². The van der Waals surface area contributed by atoms with E-state index in [4.69, 9.17) is 9.47 Å². The fourth-order valence-electron chi connectivity index (χ4n) is 2.10. The van der Waals surface area contributed by atoms with Gasteiger partial charge in [-0.15, -0.1) is 0 Å². The summed E-state index contributed by atoms with van der Waals surface area (Å²) in [6.45, 7) is 4.92. The van der Waals surface area contributed by atoms with Crippen molar-refractivity contribution in [1.82, 2.24) is 0 Å². The Morgan fingerprint density at radius 1 is 0.810 bits per heavy atom. The minimum atomic E-state index is 0.430. The molecule has 1 aliphatic heterocycles. The van der Waals surface area contributed by atoms with E-state index < -0.39 is 0 Å². The minimum absolute atomic E-state index is 0.430. The molecule has 0 radical (unpaired) electrons. The van der Waals surface area contributed by atoms with Crippen LogP contribution < -0.4 is 0 Å². The fraction of sp³-hybridized carbons (Fsp3) is 0.684. The van der Waals surface area contributed by atoms with E-state index in [2.05, 4.69) is 6.92 Å². The van der Waals surface area contributed by atoms with Gasteiger partial charge in [-0.1, -0.05) is 88.3 Å². The molecule has 21 heavy (non-hydrogen) atoms. The van der Waals surface area contributed by atoms with Gasteiger partial charge < -0.3 is 9.47 Å². The van der Waals surface area contributed by atoms with Gasteiger partial charge in [-0.05, 0) is 6.42 Å². The molecule has 0 bridgehead atoms. The summed E-state index contributed by atoms with van der Waals surface area (Å²) in [5.41, 5.74) is 0. The lowest BCUT2D eigenvalue weighted by molar-refractivity contribution is 0.113. The molecule has 1 aromatic carbocycles. The number of epoxide rings is 1. The van der Waals surface area contributed by atoms with Crippen LogP contribution in [0.15, 0.2) is 36.4 Å². The molecule has 1 atom stereocenters. The zero-order chi connectivity index (χ0) is 15.0. The van der Waals surface area contributed by atoms with Crippen molar-refractivity contribution < 1.29 is 9.47 Å². The van der Waals surface area contributed by atoms with Crippen molar-refractivity contribution in [2.75, 3.05) is 19.8 Å². The van der Waals surface area contributed by atoms with E-state index in [0.29, 0.717) is 6.10 Å². The zero-order valence-electron chi connectivity index (χ0n) is 13.6. The Labute approximate surface area is 130 Å². The van der Waals surface area contributed by atoms with Gasteiger partial charge in [0.1, 0.15) is 6.10 Å². The summed E-state index contributed by atoms with van der Waals surface area (Å²) in [7, 11) is 0. The lowest BCUT2D eigenvalue weighted by Gasteiger charge is -2.02. The number of ether oxygens (including phenoxy) is 2. The van der Waals surface area contributed by atoms with Gasteiger partial charge in [0, 0.05) is 6.61 Å². The van der Waals surface area contributed by atoms with Gasteiger partial charge >= 0.3 is 0 Å². The molecule has 2 rings (SSSR count). The molecular weight excluding hydrogens is 260 g/mol. The SMILES string of the molecule is CCCCCCCCCCOCC1CO1.c1ccccc1. The first-order chi connectivity index (χ1) is 10.4. The van der Waals surface area contributed by atoms with E-state index in [0.717, 1.165) is 19.8 Å². The van der Waals surface area contributed by atoms with E-state index in [1.807, 2.05) is 36.4 Å². The molecule has 1 saturated heterocycles. The first-order valence-electron chi connectivity index (χ1n) is 8.63. The van der Waals surface area contributed by atoms with Crippen molar-refractivity contribution in [2.24, 2.45) is 0 Å². The molecule has 1 aromatic rings. The Hall–Kier alpha value is -0.860. The molecule has 1 aliphatic rings. The standard InChI is InChI=1S/C13H26O2.C6H6/c1-2-3-4-5-6-7-8-9-10-14-11-13-12-15-13;1-2-4-6-5-3-1/h13H,2-12H2,1H3;1-6H. The van der Waals surface area contributed by atoms with Crippen molar-refractivity contribution in [1.29, 1.82) is 0 Å². The highest BCUT2D eigenvalue weighted by molar-refractivity contribution is 4.99. The van der Waals surface area contributed by atoms with Crippen LogP contribution in [0.2, 0.25) is 0 Å². The van der Waals surface area contributed by atoms with Crippen LogP contribution in [0.1, 0.15) is 58.3 Å². The topological polar surface area (TPSA) is 21.8 Å². The van der Waals surface area contributed by atoms with Crippen molar-refractivity contribution in [2.45, 2.75) is 64.4 Å². The maximum atomic E-state index is 5.48. The van der Waals surface area contributed by atoms with Crippen LogP contribution in [0.25, 0.3) is 0 Å². The quantitative estimate of drug-likeness (QED) is 0.411. The average Bonchev–Trinajstić information content (AvgIpc) is 3.36. The van der Waals surface area contributed by atoms with Crippen LogP contribution in [0.3, 0.4) is 0 Å². The molecule has 0 aromatic heterocycles. The zero-order valence-corrected chi connectivity index (χ0v) is 13.6. The number of hydrogen-bond donors (Lipinski definition) is 0. The lowest BCUT2D eigenvalue weighted by atomic mass is 10.1. The van der Waals surface area contributed by atoms with E-state index >= 15 is 0 Å². The van der Waals surface area contributed by atoms with Crippen LogP contribution >= 0.6 is 0 Å². The van der Waals surface area contributed by atoms with Gasteiger partial charge in [0.15, 0.2) is 0 Å². The normalized spacial score (nSPS) is 16.1. The maximum absolute atomic E-state index is 5.48. The van der Waals surface area contributed by atoms with E-state index in [-0.39, 0.29) is 0 Å². The molecular formula is C19H32O2. The molecule has 0 N–H and O–H groups in total. The Balaban J connectivity index is 0.000000304. The summed E-state index contributed by atoms with van der Waals surface area (Å²) in [5, 5.41) is 0. The summed E-state index contributed by atoms with van der Waals surface area (Å²) in [4.78, 5) is 0. The van der Waals surface area contributed by atoms with Crippen molar-refractivity contribution in [3.05, 3.63) is 36.4 Å². The first-order valence-corrected chi connectivity index (χ1v) is 8.63. The van der Waals surface area contributed by atoms with E-state index in [1.165, 1.54) is 51.4 Å². The third kappa shape index (κ3) is 13.9. The summed E-state index contributed by atoms with van der Waals surface area (Å²) in [5.74, 6) is 0. The summed E-state index contributed by atoms with van der Waals surface area (Å²) >= 11 is 0. The third-order valence-corrected chi connectivity index (χ3v) is 3.52. The number of benzene rings is 1. The molecule has 1 heterocycles. The van der Waals surface area contributed by atoms with E-state index in [1.54, 1.807) is 0 Å². The Morgan fingerprint density at radius 2 is 1.29 bits per heavy atom. The van der Waals surface area contributed by atoms with E-state index in [9.17, 15) is 0 Å². The highest BCUT2D eigenvalue weighted by Crippen LogP contribution is 2.10. The molecule has 2 heteroatoms. The summed E-state index contributed by atoms with van der Waals surface area (Å²) in [6.07, 6.45) is 11.4. The van der Waals surface area contributed by atoms with Crippen LogP contribution in [0.4, 0.5) is 0 Å². The first kappa shape index (κ1) is 18.2. The summed E-state index contributed by atoms with van der Waals surface area (Å²) in [6, 6.07) is 12.0. The molecule has 0 amide bonds. The third-order valence-electron chi connectivity index (χ3n) is 3.52. The molecule has 0 saturated carbocycles. The molecule has 0 spiro atoms. The van der Waals surface area contributed by atoms with Crippen LogP contribution in [-0.2, 0) is 9.47 Å². The largest absolute Gasteiger partial charge is 0.379 e. The number of hydrogen-bond acceptors (Lipinski definition) is 2. The molecule has 2 nitrogen and oxygen atoms in total. The van der Waals surface area contributed by atoms with Crippen LogP contribution in [0, 0.1) is 0 Å². The van der Waals surface area contributed by atoms with Crippen molar-refractivity contribution >= 4 is 0 Å². The Kier molecular flexibility index (Phi) is 12.2. The van der Waals surface area contributed by atoms with Gasteiger partial charge in [0.05, 0.1) is 13.2 Å². The van der Waals surface area contributed by atoms with Gasteiger partial charge in [-0.2, -0.15) is 0 Å². The average molecular weight is 292 g/mol. The highest BCUT2D eigenvalue weighted by atomic mass is 16.6. The number of rotatable bonds is 11. The van der Waals surface area contributed by atoms with Crippen LogP contribution in [0.5, 0.6) is 0 Å². The minimum Gasteiger partial charge on any atom is -0.379 e. The highest BCUT2D eigenvalue weighted by Gasteiger charge is 2.21. The van der Waals surface area contributed by atoms with Gasteiger partial charge in [0.25, 0.3) is 0 Å². The van der Waals surface area contributed by atoms with Gasteiger partial charge in [0.2, 0.25) is 0 Å². The van der Waals surface area contributed by atoms with Crippen LogP contribution in [-0.4, -0.2) is 25.9 Å². The second kappa shape index (κ2) is 14.1. The van der Waals surface area contributed by atoms with Gasteiger partial charge in [-0.25, -0.2) is 0 Å². The summed E-state index contributed by atoms with van der Waals surface area (Å²) < 4.78 is 10.5. The molecule has 0 aliphatic carbocycles. The predicted octanol–water partition coefficient (Wildman–Crippen LogP) is 5.23. The second-order valence-electron chi connectivity index (χ2n) is 5.66.